The average molecular weight is 158 g/mol. The zero-order valence-electron chi connectivity index (χ0n) is 8.11. The molecule has 0 rings (SSSR count). The molecule has 0 atom stereocenters. The fourth-order valence-electron chi connectivity index (χ4n) is 0.723. The first kappa shape index (κ1) is 10.9. The van der Waals surface area contributed by atoms with Gasteiger partial charge in [0.1, 0.15) is 0 Å². The van der Waals surface area contributed by atoms with Crippen LogP contribution >= 0.6 is 0 Å². The quantitative estimate of drug-likeness (QED) is 0.473. The van der Waals surface area contributed by atoms with Crippen LogP contribution in [-0.4, -0.2) is 12.6 Å². The van der Waals surface area contributed by atoms with Gasteiger partial charge in [-0.15, -0.1) is 0 Å². The zero-order valence-corrected chi connectivity index (χ0v) is 8.11. The summed E-state index contributed by atoms with van der Waals surface area (Å²) in [5.41, 5.74) is 2.91. The third kappa shape index (κ3) is 9.92. The summed E-state index contributed by atoms with van der Waals surface area (Å²) in [7, 11) is 0. The minimum absolute atomic E-state index is 0.418. The van der Waals surface area contributed by atoms with Gasteiger partial charge in [-0.25, -0.2) is 5.48 Å². The smallest absolute Gasteiger partial charge is 0.0682 e. The maximum absolute atomic E-state index is 5.18. The Hall–Kier alpha value is -0.0800. The lowest BCUT2D eigenvalue weighted by Crippen LogP contribution is -2.23. The van der Waals surface area contributed by atoms with Crippen LogP contribution in [0.25, 0.3) is 0 Å². The number of nitrogens with one attached hydrogen (secondary N) is 1. The molecule has 0 spiro atoms. The lowest BCUT2D eigenvalue weighted by Gasteiger charge is -2.08. The summed E-state index contributed by atoms with van der Waals surface area (Å²) in [6.07, 6.45) is 2.28. The van der Waals surface area contributed by atoms with E-state index >= 15 is 0 Å². The van der Waals surface area contributed by atoms with Gasteiger partial charge >= 0.3 is 0 Å². The molecule has 0 aromatic heterocycles. The number of hydroxylamine groups is 1. The monoisotopic (exact) mass is 158 g/mol. The number of hydrogen-bond acceptors (Lipinski definition) is 2. The first-order valence-corrected chi connectivity index (χ1v) is 4.29. The molecule has 1 N–H and O–H groups in total. The minimum Gasteiger partial charge on any atom is -0.302 e. The SMILES string of the molecule is C[C](C)CCCONC(C)C. The molecule has 0 aliphatic heterocycles. The Bertz CT molecular complexity index is 71.6. The van der Waals surface area contributed by atoms with E-state index < -0.39 is 0 Å². The summed E-state index contributed by atoms with van der Waals surface area (Å²) in [5.74, 6) is 1.47. The van der Waals surface area contributed by atoms with Crippen molar-refractivity contribution in [3.63, 3.8) is 0 Å². The van der Waals surface area contributed by atoms with Gasteiger partial charge in [0.25, 0.3) is 0 Å². The van der Waals surface area contributed by atoms with E-state index in [-0.39, 0.29) is 0 Å². The first-order chi connectivity index (χ1) is 5.13. The highest BCUT2D eigenvalue weighted by Gasteiger charge is 1.95. The summed E-state index contributed by atoms with van der Waals surface area (Å²) >= 11 is 0. The van der Waals surface area contributed by atoms with Gasteiger partial charge in [-0.05, 0) is 32.6 Å². The third-order valence-electron chi connectivity index (χ3n) is 1.24. The molecule has 67 valence electrons. The summed E-state index contributed by atoms with van der Waals surface area (Å²) in [5, 5.41) is 0. The van der Waals surface area contributed by atoms with Crippen LogP contribution in [0.15, 0.2) is 0 Å². The van der Waals surface area contributed by atoms with Crippen molar-refractivity contribution in [1.82, 2.24) is 5.48 Å². The molecule has 0 saturated heterocycles. The highest BCUT2D eigenvalue weighted by atomic mass is 16.6. The van der Waals surface area contributed by atoms with E-state index in [1.165, 1.54) is 12.3 Å². The van der Waals surface area contributed by atoms with E-state index in [1.54, 1.807) is 0 Å². The van der Waals surface area contributed by atoms with E-state index in [9.17, 15) is 0 Å². The zero-order chi connectivity index (χ0) is 8.69. The average Bonchev–Trinajstić information content (AvgIpc) is 1.85. The topological polar surface area (TPSA) is 21.3 Å². The van der Waals surface area contributed by atoms with Crippen LogP contribution in [0.1, 0.15) is 40.5 Å². The van der Waals surface area contributed by atoms with Gasteiger partial charge in [-0.2, -0.15) is 0 Å². The highest BCUT2D eigenvalue weighted by molar-refractivity contribution is 4.75. The lowest BCUT2D eigenvalue weighted by atomic mass is 10.1. The van der Waals surface area contributed by atoms with Crippen molar-refractivity contribution < 1.29 is 4.84 Å². The Kier molecular flexibility index (Phi) is 6.57. The Morgan fingerprint density at radius 1 is 1.36 bits per heavy atom. The van der Waals surface area contributed by atoms with Crippen LogP contribution in [0.5, 0.6) is 0 Å². The summed E-state index contributed by atoms with van der Waals surface area (Å²) in [6.45, 7) is 9.24. The standard InChI is InChI=1S/C9H20NO/c1-8(2)6-5-7-11-10-9(3)4/h9-10H,5-7H2,1-4H3. The lowest BCUT2D eigenvalue weighted by molar-refractivity contribution is 0.0223. The van der Waals surface area contributed by atoms with E-state index in [4.69, 9.17) is 4.84 Å². The van der Waals surface area contributed by atoms with Gasteiger partial charge in [-0.1, -0.05) is 13.8 Å². The number of hydrogen-bond donors (Lipinski definition) is 1. The van der Waals surface area contributed by atoms with Gasteiger partial charge in [0.2, 0.25) is 0 Å². The van der Waals surface area contributed by atoms with Crippen molar-refractivity contribution in [1.29, 1.82) is 0 Å². The van der Waals surface area contributed by atoms with Gasteiger partial charge in [0, 0.05) is 6.04 Å². The Balaban J connectivity index is 2.91. The summed E-state index contributed by atoms with van der Waals surface area (Å²) in [4.78, 5) is 5.18. The largest absolute Gasteiger partial charge is 0.302 e. The fraction of sp³-hybridized carbons (Fsp3) is 0.889. The molecular formula is C9H20NO. The second kappa shape index (κ2) is 6.62. The molecule has 0 heterocycles. The minimum atomic E-state index is 0.418. The fourth-order valence-corrected chi connectivity index (χ4v) is 0.723. The van der Waals surface area contributed by atoms with Crippen molar-refractivity contribution in [3.05, 3.63) is 5.92 Å². The van der Waals surface area contributed by atoms with Crippen molar-refractivity contribution in [2.24, 2.45) is 0 Å². The van der Waals surface area contributed by atoms with E-state index in [1.807, 2.05) is 0 Å². The Labute approximate surface area is 70.3 Å². The predicted molar refractivity (Wildman–Crippen MR) is 48.0 cm³/mol. The van der Waals surface area contributed by atoms with Crippen molar-refractivity contribution in [3.8, 4) is 0 Å². The Morgan fingerprint density at radius 3 is 2.45 bits per heavy atom. The molecule has 0 amide bonds. The summed E-state index contributed by atoms with van der Waals surface area (Å²) < 4.78 is 0. The molecule has 0 aromatic carbocycles. The summed E-state index contributed by atoms with van der Waals surface area (Å²) in [6, 6.07) is 0.418. The third-order valence-corrected chi connectivity index (χ3v) is 1.24. The van der Waals surface area contributed by atoms with Crippen LogP contribution in [0, 0.1) is 5.92 Å². The maximum atomic E-state index is 5.18. The highest BCUT2D eigenvalue weighted by Crippen LogP contribution is 2.04. The van der Waals surface area contributed by atoms with Crippen molar-refractivity contribution in [2.75, 3.05) is 6.61 Å². The molecule has 0 bridgehead atoms. The van der Waals surface area contributed by atoms with E-state index in [0.717, 1.165) is 13.0 Å². The molecule has 2 heteroatoms. The van der Waals surface area contributed by atoms with Gasteiger partial charge in [0.15, 0.2) is 0 Å². The number of rotatable bonds is 6. The van der Waals surface area contributed by atoms with E-state index in [0.29, 0.717) is 6.04 Å². The van der Waals surface area contributed by atoms with Gasteiger partial charge in [-0.3, -0.25) is 0 Å². The predicted octanol–water partition coefficient (Wildman–Crippen LogP) is 2.31. The molecule has 11 heavy (non-hydrogen) atoms. The molecular weight excluding hydrogens is 138 g/mol. The molecule has 2 nitrogen and oxygen atoms in total. The molecule has 0 aromatic rings. The maximum Gasteiger partial charge on any atom is 0.0682 e. The molecule has 0 unspecified atom stereocenters. The Morgan fingerprint density at radius 2 is 2.00 bits per heavy atom. The van der Waals surface area contributed by atoms with Gasteiger partial charge < -0.3 is 4.84 Å². The molecule has 0 saturated carbocycles. The van der Waals surface area contributed by atoms with Gasteiger partial charge in [0.05, 0.1) is 6.61 Å². The van der Waals surface area contributed by atoms with Crippen molar-refractivity contribution in [2.45, 2.75) is 46.6 Å². The molecule has 1 radical (unpaired) electrons. The van der Waals surface area contributed by atoms with Crippen LogP contribution in [0.2, 0.25) is 0 Å². The second-order valence-corrected chi connectivity index (χ2v) is 3.43. The van der Waals surface area contributed by atoms with Crippen LogP contribution in [0.4, 0.5) is 0 Å². The normalized spacial score (nSPS) is 11.5. The van der Waals surface area contributed by atoms with Crippen LogP contribution < -0.4 is 5.48 Å². The second-order valence-electron chi connectivity index (χ2n) is 3.43. The first-order valence-electron chi connectivity index (χ1n) is 4.29. The molecule has 0 fully saturated rings. The van der Waals surface area contributed by atoms with E-state index in [2.05, 4.69) is 33.2 Å². The molecule has 0 aliphatic rings. The molecule has 0 aliphatic carbocycles. The van der Waals surface area contributed by atoms with Crippen molar-refractivity contribution >= 4 is 0 Å². The van der Waals surface area contributed by atoms with Crippen LogP contribution in [-0.2, 0) is 4.84 Å². The van der Waals surface area contributed by atoms with Crippen LogP contribution in [0.3, 0.4) is 0 Å².